The van der Waals surface area contributed by atoms with E-state index in [-0.39, 0.29) is 18.2 Å². The van der Waals surface area contributed by atoms with E-state index in [1.165, 1.54) is 0 Å². The van der Waals surface area contributed by atoms with E-state index in [2.05, 4.69) is 10.1 Å². The van der Waals surface area contributed by atoms with Gasteiger partial charge in [-0.1, -0.05) is 0 Å². The van der Waals surface area contributed by atoms with E-state index in [1.54, 1.807) is 12.3 Å². The highest BCUT2D eigenvalue weighted by Crippen LogP contribution is 2.10. The molecule has 0 aromatic carbocycles. The van der Waals surface area contributed by atoms with Gasteiger partial charge in [-0.25, -0.2) is 4.68 Å². The fraction of sp³-hybridized carbons (Fsp3) is 0.182. The Morgan fingerprint density at radius 3 is 2.47 bits per heavy atom. The lowest BCUT2D eigenvalue weighted by atomic mass is 10.3. The van der Waals surface area contributed by atoms with Gasteiger partial charge < -0.3 is 5.73 Å². The number of nitrogen functional groups attached to an aromatic ring is 1. The lowest BCUT2D eigenvalue weighted by Crippen LogP contribution is -2.13. The molecule has 2 aromatic heterocycles. The maximum Gasteiger partial charge on any atom is 0.141 e. The van der Waals surface area contributed by atoms with E-state index in [1.807, 2.05) is 30.7 Å². The number of aryl methyl sites for hydroxylation is 2. The SMILES string of the molecule is Cc1cc(C)n(-c2ccc(C(=N)N)nc2)n1.Cl. The first-order chi connectivity index (χ1) is 7.58. The summed E-state index contributed by atoms with van der Waals surface area (Å²) in [6, 6.07) is 5.57. The minimum atomic E-state index is -0.0279. The van der Waals surface area contributed by atoms with Crippen molar-refractivity contribution in [2.75, 3.05) is 0 Å². The highest BCUT2D eigenvalue weighted by Gasteiger charge is 2.04. The molecule has 0 aliphatic heterocycles. The first-order valence-electron chi connectivity index (χ1n) is 4.92. The number of hydrogen-bond donors (Lipinski definition) is 2. The number of nitrogens with zero attached hydrogens (tertiary/aromatic N) is 3. The molecule has 0 fully saturated rings. The van der Waals surface area contributed by atoms with Crippen LogP contribution in [0.15, 0.2) is 24.4 Å². The van der Waals surface area contributed by atoms with Crippen molar-refractivity contribution in [2.45, 2.75) is 13.8 Å². The summed E-state index contributed by atoms with van der Waals surface area (Å²) in [4.78, 5) is 4.09. The predicted octanol–water partition coefficient (Wildman–Crippen LogP) is 1.59. The Balaban J connectivity index is 0.00000144. The minimum absolute atomic E-state index is 0. The van der Waals surface area contributed by atoms with Crippen molar-refractivity contribution in [1.82, 2.24) is 14.8 Å². The zero-order valence-corrected chi connectivity index (χ0v) is 10.5. The minimum Gasteiger partial charge on any atom is -0.382 e. The van der Waals surface area contributed by atoms with Crippen LogP contribution in [0.25, 0.3) is 5.69 Å². The Morgan fingerprint density at radius 1 is 1.35 bits per heavy atom. The van der Waals surface area contributed by atoms with Crippen LogP contribution >= 0.6 is 12.4 Å². The number of halogens is 1. The summed E-state index contributed by atoms with van der Waals surface area (Å²) in [5.74, 6) is -0.0279. The highest BCUT2D eigenvalue weighted by atomic mass is 35.5. The monoisotopic (exact) mass is 251 g/mol. The molecule has 2 heterocycles. The summed E-state index contributed by atoms with van der Waals surface area (Å²) in [5.41, 5.74) is 8.70. The smallest absolute Gasteiger partial charge is 0.141 e. The Bertz CT molecular complexity index is 529. The van der Waals surface area contributed by atoms with Crippen LogP contribution < -0.4 is 5.73 Å². The topological polar surface area (TPSA) is 80.6 Å². The number of hydrogen-bond acceptors (Lipinski definition) is 3. The molecule has 0 amide bonds. The van der Waals surface area contributed by atoms with E-state index < -0.39 is 0 Å². The predicted molar refractivity (Wildman–Crippen MR) is 69.1 cm³/mol. The molecule has 0 unspecified atom stereocenters. The van der Waals surface area contributed by atoms with E-state index in [4.69, 9.17) is 11.1 Å². The molecule has 0 bridgehead atoms. The summed E-state index contributed by atoms with van der Waals surface area (Å²) in [6.07, 6.45) is 1.66. The van der Waals surface area contributed by atoms with Gasteiger partial charge in [0.25, 0.3) is 0 Å². The van der Waals surface area contributed by atoms with Gasteiger partial charge in [-0.2, -0.15) is 5.10 Å². The number of amidine groups is 1. The zero-order chi connectivity index (χ0) is 11.7. The van der Waals surface area contributed by atoms with Crippen molar-refractivity contribution in [2.24, 2.45) is 5.73 Å². The molecule has 90 valence electrons. The molecule has 0 aliphatic rings. The van der Waals surface area contributed by atoms with E-state index >= 15 is 0 Å². The molecule has 3 N–H and O–H groups in total. The zero-order valence-electron chi connectivity index (χ0n) is 9.64. The molecule has 0 saturated carbocycles. The molecule has 0 spiro atoms. The summed E-state index contributed by atoms with van der Waals surface area (Å²) < 4.78 is 1.81. The second kappa shape index (κ2) is 4.97. The molecule has 17 heavy (non-hydrogen) atoms. The molecular weight excluding hydrogens is 238 g/mol. The first-order valence-corrected chi connectivity index (χ1v) is 4.92. The largest absolute Gasteiger partial charge is 0.382 e. The van der Waals surface area contributed by atoms with Crippen LogP contribution in [0.4, 0.5) is 0 Å². The number of aromatic nitrogens is 3. The second-order valence-corrected chi connectivity index (χ2v) is 3.65. The maximum atomic E-state index is 7.25. The number of nitrogens with one attached hydrogen (secondary N) is 1. The third-order valence-corrected chi connectivity index (χ3v) is 2.28. The van der Waals surface area contributed by atoms with Gasteiger partial charge >= 0.3 is 0 Å². The van der Waals surface area contributed by atoms with Crippen LogP contribution in [-0.4, -0.2) is 20.6 Å². The van der Waals surface area contributed by atoms with E-state index in [0.29, 0.717) is 5.69 Å². The van der Waals surface area contributed by atoms with Gasteiger partial charge in [0.1, 0.15) is 11.5 Å². The maximum absolute atomic E-state index is 7.25. The van der Waals surface area contributed by atoms with E-state index in [9.17, 15) is 0 Å². The fourth-order valence-electron chi connectivity index (χ4n) is 1.56. The van der Waals surface area contributed by atoms with Gasteiger partial charge in [-0.15, -0.1) is 12.4 Å². The average molecular weight is 252 g/mol. The lowest BCUT2D eigenvalue weighted by molar-refractivity contribution is 0.828. The fourth-order valence-corrected chi connectivity index (χ4v) is 1.56. The van der Waals surface area contributed by atoms with E-state index in [0.717, 1.165) is 17.1 Å². The van der Waals surface area contributed by atoms with Gasteiger partial charge in [0, 0.05) is 5.69 Å². The van der Waals surface area contributed by atoms with Gasteiger partial charge in [0.15, 0.2) is 0 Å². The molecule has 0 radical (unpaired) electrons. The number of nitrogens with two attached hydrogens (primary N) is 1. The second-order valence-electron chi connectivity index (χ2n) is 3.65. The van der Waals surface area contributed by atoms with Crippen molar-refractivity contribution in [3.8, 4) is 5.69 Å². The summed E-state index contributed by atoms with van der Waals surface area (Å²) in [7, 11) is 0. The summed E-state index contributed by atoms with van der Waals surface area (Å²) >= 11 is 0. The molecule has 0 aliphatic carbocycles. The van der Waals surface area contributed by atoms with Gasteiger partial charge in [-0.3, -0.25) is 10.4 Å². The first kappa shape index (κ1) is 13.2. The summed E-state index contributed by atoms with van der Waals surface area (Å²) in [5, 5.41) is 11.6. The average Bonchev–Trinajstić information content (AvgIpc) is 2.58. The molecule has 2 aromatic rings. The van der Waals surface area contributed by atoms with Crippen LogP contribution in [0, 0.1) is 19.3 Å². The Kier molecular flexibility index (Phi) is 3.85. The van der Waals surface area contributed by atoms with Crippen LogP contribution in [-0.2, 0) is 0 Å². The van der Waals surface area contributed by atoms with Gasteiger partial charge in [0.2, 0.25) is 0 Å². The third kappa shape index (κ3) is 2.62. The summed E-state index contributed by atoms with van der Waals surface area (Å²) in [6.45, 7) is 3.93. The standard InChI is InChI=1S/C11H13N5.ClH/c1-7-5-8(2)16(15-7)9-3-4-10(11(12)13)14-6-9;/h3-6H,1-2H3,(H3,12,13);1H. The number of pyridine rings is 1. The molecule has 2 rings (SSSR count). The van der Waals surface area contributed by atoms with Crippen LogP contribution in [0.2, 0.25) is 0 Å². The van der Waals surface area contributed by atoms with Crippen LogP contribution in [0.3, 0.4) is 0 Å². The Morgan fingerprint density at radius 2 is 2.06 bits per heavy atom. The van der Waals surface area contributed by atoms with Crippen LogP contribution in [0.1, 0.15) is 17.1 Å². The van der Waals surface area contributed by atoms with Gasteiger partial charge in [0.05, 0.1) is 17.6 Å². The lowest BCUT2D eigenvalue weighted by Gasteiger charge is -2.04. The normalized spacial score (nSPS) is 9.76. The van der Waals surface area contributed by atoms with Crippen molar-refractivity contribution in [3.63, 3.8) is 0 Å². The molecule has 5 nitrogen and oxygen atoms in total. The van der Waals surface area contributed by atoms with Crippen molar-refractivity contribution < 1.29 is 0 Å². The molecule has 6 heteroatoms. The Hall–Kier alpha value is -1.88. The van der Waals surface area contributed by atoms with Crippen molar-refractivity contribution >= 4 is 18.2 Å². The molecular formula is C11H14ClN5. The number of rotatable bonds is 2. The van der Waals surface area contributed by atoms with Crippen molar-refractivity contribution in [1.29, 1.82) is 5.41 Å². The quantitative estimate of drug-likeness (QED) is 0.628. The van der Waals surface area contributed by atoms with Gasteiger partial charge in [-0.05, 0) is 32.0 Å². The highest BCUT2D eigenvalue weighted by molar-refractivity contribution is 5.92. The van der Waals surface area contributed by atoms with Crippen molar-refractivity contribution in [3.05, 3.63) is 41.5 Å². The Labute approximate surface area is 106 Å². The van der Waals surface area contributed by atoms with Crippen LogP contribution in [0.5, 0.6) is 0 Å². The molecule has 0 atom stereocenters. The third-order valence-electron chi connectivity index (χ3n) is 2.28. The molecule has 0 saturated heterocycles.